The number of carbonyl (C=O) groups excluding carboxylic acids is 6. The van der Waals surface area contributed by atoms with Gasteiger partial charge in [-0.2, -0.15) is 23.5 Å². The van der Waals surface area contributed by atoms with Crippen LogP contribution < -0.4 is 5.32 Å². The van der Waals surface area contributed by atoms with Gasteiger partial charge in [-0.3, -0.25) is 24.0 Å². The van der Waals surface area contributed by atoms with Crippen LogP contribution in [0.4, 0.5) is 0 Å². The number of likely N-dealkylation sites (tertiary alicyclic amines) is 1. The highest BCUT2D eigenvalue weighted by molar-refractivity contribution is 7.99. The summed E-state index contributed by atoms with van der Waals surface area (Å²) in [5, 5.41) is 3.18. The lowest BCUT2D eigenvalue weighted by molar-refractivity contribution is -0.157. The van der Waals surface area contributed by atoms with Crippen molar-refractivity contribution in [2.45, 2.75) is 97.1 Å². The maximum atomic E-state index is 12.0. The van der Waals surface area contributed by atoms with Gasteiger partial charge in [0, 0.05) is 50.3 Å². The van der Waals surface area contributed by atoms with Gasteiger partial charge in [0.2, 0.25) is 5.91 Å². The summed E-state index contributed by atoms with van der Waals surface area (Å²) >= 11 is 3.39. The molecule has 13 nitrogen and oxygen atoms in total. The number of hydrogen-bond acceptors (Lipinski definition) is 14. The Balaban J connectivity index is 0.000000907. The van der Waals surface area contributed by atoms with Crippen molar-refractivity contribution in [3.63, 3.8) is 0 Å². The van der Waals surface area contributed by atoms with Crippen LogP contribution in [-0.4, -0.2) is 123 Å². The Hall–Kier alpha value is -2.52. The molecule has 0 aliphatic carbocycles. The second-order valence-corrected chi connectivity index (χ2v) is 12.7. The minimum Gasteiger partial charge on any atom is -0.469 e. The lowest BCUT2D eigenvalue weighted by atomic mass is 10.0. The van der Waals surface area contributed by atoms with E-state index in [1.54, 1.807) is 49.2 Å². The minimum atomic E-state index is -0.433. The van der Waals surface area contributed by atoms with Crippen LogP contribution in [0.1, 0.15) is 85.0 Å². The molecule has 1 aliphatic rings. The number of thioether (sulfide) groups is 2. The molecule has 1 heterocycles. The van der Waals surface area contributed by atoms with Crippen molar-refractivity contribution < 1.29 is 52.5 Å². The van der Waals surface area contributed by atoms with E-state index in [4.69, 9.17) is 14.2 Å². The van der Waals surface area contributed by atoms with Gasteiger partial charge in [0.15, 0.2) is 0 Å². The van der Waals surface area contributed by atoms with Gasteiger partial charge in [0.1, 0.15) is 12.1 Å². The summed E-state index contributed by atoms with van der Waals surface area (Å²) < 4.78 is 24.2. The second kappa shape index (κ2) is 29.6. The van der Waals surface area contributed by atoms with E-state index in [1.807, 2.05) is 0 Å². The Morgan fingerprint density at radius 2 is 1.36 bits per heavy atom. The van der Waals surface area contributed by atoms with Gasteiger partial charge in [-0.15, -0.1) is 0 Å². The molecule has 0 aromatic rings. The third-order valence-electron chi connectivity index (χ3n) is 6.78. The van der Waals surface area contributed by atoms with Crippen molar-refractivity contribution in [1.82, 2.24) is 10.2 Å². The first-order valence-corrected chi connectivity index (χ1v) is 18.8. The highest BCUT2D eigenvalue weighted by atomic mass is 32.2. The zero-order valence-electron chi connectivity index (χ0n) is 28.8. The molecule has 1 aliphatic heterocycles. The number of hydrogen-bond donors (Lipinski definition) is 1. The lowest BCUT2D eigenvalue weighted by Gasteiger charge is -2.33. The fourth-order valence-corrected chi connectivity index (χ4v) is 6.12. The average molecular weight is 709 g/mol. The summed E-state index contributed by atoms with van der Waals surface area (Å²) in [5.74, 6) is 2.08. The second-order valence-electron chi connectivity index (χ2n) is 10.3. The first-order chi connectivity index (χ1) is 22.6. The van der Waals surface area contributed by atoms with E-state index in [-0.39, 0.29) is 35.8 Å². The molecule has 0 saturated carbocycles. The van der Waals surface area contributed by atoms with Crippen molar-refractivity contribution in [3.8, 4) is 0 Å². The van der Waals surface area contributed by atoms with E-state index in [9.17, 15) is 28.8 Å². The highest BCUT2D eigenvalue weighted by Gasteiger charge is 2.33. The fourth-order valence-electron chi connectivity index (χ4n) is 4.43. The van der Waals surface area contributed by atoms with Gasteiger partial charge in [0.05, 0.1) is 34.0 Å². The van der Waals surface area contributed by atoms with Crippen molar-refractivity contribution in [2.75, 3.05) is 70.1 Å². The van der Waals surface area contributed by atoms with E-state index in [1.165, 1.54) is 14.2 Å². The zero-order valence-corrected chi connectivity index (χ0v) is 30.5. The van der Waals surface area contributed by atoms with Crippen LogP contribution in [0.5, 0.6) is 0 Å². The average Bonchev–Trinajstić information content (AvgIpc) is 3.05. The van der Waals surface area contributed by atoms with Crippen LogP contribution in [0.15, 0.2) is 0 Å². The predicted octanol–water partition coefficient (Wildman–Crippen LogP) is 3.54. The van der Waals surface area contributed by atoms with Gasteiger partial charge >= 0.3 is 29.8 Å². The van der Waals surface area contributed by atoms with E-state index in [0.29, 0.717) is 77.9 Å². The van der Waals surface area contributed by atoms with E-state index in [2.05, 4.69) is 14.8 Å². The summed E-state index contributed by atoms with van der Waals surface area (Å²) in [6.07, 6.45) is 5.70. The van der Waals surface area contributed by atoms with Gasteiger partial charge in [0.25, 0.3) is 0 Å². The predicted molar refractivity (Wildman–Crippen MR) is 182 cm³/mol. The molecule has 47 heavy (non-hydrogen) atoms. The maximum absolute atomic E-state index is 12.0. The standard InChI is InChI=1S/C17H31NO6S.C15H25NO5S/c1-4-23-16(20)9-6-8-14(17(21)24-5-2)18-11-13-25-12-7-10-15(19)22-3;1-3-21-15(19)12-6-4-7-13(17)16(12)9-11-22-10-5-8-14(18)20-2/h14,18H,4-13H2,1-3H3;12H,3-11H2,1-2H3/t14-;12-/m11/s1. The molecule has 1 N–H and O–H groups in total. The van der Waals surface area contributed by atoms with E-state index < -0.39 is 12.1 Å². The third kappa shape index (κ3) is 22.6. The Morgan fingerprint density at radius 3 is 1.94 bits per heavy atom. The molecular weight excluding hydrogens is 652 g/mol. The zero-order chi connectivity index (χ0) is 35.3. The number of rotatable bonds is 24. The van der Waals surface area contributed by atoms with Crippen LogP contribution in [-0.2, 0) is 52.5 Å². The first-order valence-electron chi connectivity index (χ1n) is 16.5. The molecule has 0 unspecified atom stereocenters. The van der Waals surface area contributed by atoms with E-state index >= 15 is 0 Å². The van der Waals surface area contributed by atoms with Crippen LogP contribution in [0.2, 0.25) is 0 Å². The Kier molecular flexibility index (Phi) is 28.0. The first kappa shape index (κ1) is 44.5. The summed E-state index contributed by atoms with van der Waals surface area (Å²) in [5.41, 5.74) is 0. The van der Waals surface area contributed by atoms with Gasteiger partial charge in [-0.05, 0) is 70.8 Å². The molecule has 0 bridgehead atoms. The lowest BCUT2D eigenvalue weighted by Crippen LogP contribution is -2.49. The summed E-state index contributed by atoms with van der Waals surface area (Å²) in [7, 11) is 2.77. The Bertz CT molecular complexity index is 923. The van der Waals surface area contributed by atoms with Crippen LogP contribution in [0.25, 0.3) is 0 Å². The number of piperidine rings is 1. The molecule has 1 rings (SSSR count). The number of esters is 5. The minimum absolute atomic E-state index is 0.0273. The molecule has 0 aromatic carbocycles. The quantitative estimate of drug-likeness (QED) is 0.0880. The van der Waals surface area contributed by atoms with Gasteiger partial charge in [-0.25, -0.2) is 4.79 Å². The largest absolute Gasteiger partial charge is 0.469 e. The summed E-state index contributed by atoms with van der Waals surface area (Å²) in [6, 6.07) is -0.845. The molecule has 15 heteroatoms. The van der Waals surface area contributed by atoms with Crippen molar-refractivity contribution >= 4 is 59.3 Å². The molecule has 0 aromatic heterocycles. The number of carbonyl (C=O) groups is 6. The molecule has 0 radical (unpaired) electrons. The van der Waals surface area contributed by atoms with Gasteiger partial charge in [-0.1, -0.05) is 0 Å². The van der Waals surface area contributed by atoms with Crippen LogP contribution >= 0.6 is 23.5 Å². The van der Waals surface area contributed by atoms with Crippen LogP contribution in [0, 0.1) is 0 Å². The van der Waals surface area contributed by atoms with Gasteiger partial charge < -0.3 is 33.9 Å². The Labute approximate surface area is 288 Å². The number of ether oxygens (including phenoxy) is 5. The van der Waals surface area contributed by atoms with Crippen molar-refractivity contribution in [1.29, 1.82) is 0 Å². The summed E-state index contributed by atoms with van der Waals surface area (Å²) in [6.45, 7) is 7.54. The normalized spacial score (nSPS) is 14.7. The molecular formula is C32H56N2O11S2. The van der Waals surface area contributed by atoms with Crippen molar-refractivity contribution in [2.24, 2.45) is 0 Å². The number of amides is 1. The number of nitrogens with zero attached hydrogens (tertiary/aromatic N) is 1. The molecule has 1 fully saturated rings. The molecule has 2 atom stereocenters. The number of methoxy groups -OCH3 is 2. The third-order valence-corrected chi connectivity index (χ3v) is 8.90. The highest BCUT2D eigenvalue weighted by Crippen LogP contribution is 2.20. The summed E-state index contributed by atoms with van der Waals surface area (Å²) in [4.78, 5) is 70.9. The molecule has 1 amide bonds. The number of nitrogens with one attached hydrogen (secondary N) is 1. The maximum Gasteiger partial charge on any atom is 0.328 e. The van der Waals surface area contributed by atoms with Crippen molar-refractivity contribution in [3.05, 3.63) is 0 Å². The topological polar surface area (TPSA) is 164 Å². The molecule has 0 spiro atoms. The molecule has 272 valence electrons. The van der Waals surface area contributed by atoms with Crippen LogP contribution in [0.3, 0.4) is 0 Å². The Morgan fingerprint density at radius 1 is 0.787 bits per heavy atom. The fraction of sp³-hybridized carbons (Fsp3) is 0.812. The van der Waals surface area contributed by atoms with E-state index in [0.717, 1.165) is 42.3 Å². The smallest absolute Gasteiger partial charge is 0.328 e. The SMILES string of the molecule is CCOC(=O)CCC[C@@H](NCCSCCCC(=O)OC)C(=O)OCC.CCOC(=O)[C@H]1CCCC(=O)N1CCSCCCC(=O)OC. The monoisotopic (exact) mass is 708 g/mol. The molecule has 1 saturated heterocycles.